The van der Waals surface area contributed by atoms with E-state index in [9.17, 15) is 10.1 Å². The van der Waals surface area contributed by atoms with E-state index >= 15 is 0 Å². The summed E-state index contributed by atoms with van der Waals surface area (Å²) in [5.74, 6) is 0. The number of aromatic nitrogens is 1. The topological polar surface area (TPSA) is 81.2 Å². The molecule has 0 aliphatic carbocycles. The number of nitrogens with one attached hydrogen (secondary N) is 1. The lowest BCUT2D eigenvalue weighted by Gasteiger charge is -2.05. The van der Waals surface area contributed by atoms with Crippen LogP contribution in [-0.2, 0) is 0 Å². The molecular weight excluding hydrogens is 266 g/mol. The van der Waals surface area contributed by atoms with Crippen molar-refractivity contribution in [3.63, 3.8) is 0 Å². The summed E-state index contributed by atoms with van der Waals surface area (Å²) in [6, 6.07) is 4.85. The molecule has 1 N–H and O–H groups in total. The first-order valence-electron chi connectivity index (χ1n) is 5.72. The van der Waals surface area contributed by atoms with Crippen LogP contribution in [-0.4, -0.2) is 16.5 Å². The van der Waals surface area contributed by atoms with E-state index < -0.39 is 4.92 Å². The first-order chi connectivity index (χ1) is 9.08. The Balaban J connectivity index is 2.30. The predicted molar refractivity (Wildman–Crippen MR) is 72.6 cm³/mol. The number of aryl methyl sites for hydroxylation is 1. The minimum atomic E-state index is -0.411. The van der Waals surface area contributed by atoms with Gasteiger partial charge in [-0.15, -0.1) is 0 Å². The van der Waals surface area contributed by atoms with Crippen LogP contribution in [0.3, 0.4) is 0 Å². The maximum absolute atomic E-state index is 10.9. The monoisotopic (exact) mass is 279 g/mol. The fraction of sp³-hybridized carbons (Fsp3) is 0.250. The number of nitro groups is 1. The molecule has 1 aromatic carbocycles. The van der Waals surface area contributed by atoms with Gasteiger partial charge in [0.25, 0.3) is 10.9 Å². The molecule has 7 heteroatoms. The zero-order valence-electron chi connectivity index (χ0n) is 10.5. The zero-order chi connectivity index (χ0) is 13.8. The molecule has 0 radical (unpaired) electrons. The first kappa shape index (κ1) is 13.4. The van der Waals surface area contributed by atoms with Crippen LogP contribution in [0.2, 0.25) is 0 Å². The standard InChI is InChI=1S/C12H13N3O3S/c1-3-13-9-4-10(15(16)17)6-11(5-9)19-12-14-8(2)7-18-12/h4-7,13H,3H2,1-2H3. The van der Waals surface area contributed by atoms with Gasteiger partial charge in [-0.05, 0) is 31.7 Å². The van der Waals surface area contributed by atoms with E-state index in [1.807, 2.05) is 19.9 Å². The molecule has 2 rings (SSSR count). The van der Waals surface area contributed by atoms with Crippen LogP contribution < -0.4 is 5.32 Å². The van der Waals surface area contributed by atoms with Crippen molar-refractivity contribution >= 4 is 23.1 Å². The predicted octanol–water partition coefficient (Wildman–Crippen LogP) is 3.47. The van der Waals surface area contributed by atoms with Crippen LogP contribution in [0.1, 0.15) is 12.6 Å². The van der Waals surface area contributed by atoms with Crippen molar-refractivity contribution in [3.05, 3.63) is 40.3 Å². The Morgan fingerprint density at radius 1 is 1.47 bits per heavy atom. The second-order valence-corrected chi connectivity index (χ2v) is 4.88. The highest BCUT2D eigenvalue weighted by molar-refractivity contribution is 7.99. The molecular formula is C12H13N3O3S. The van der Waals surface area contributed by atoms with Crippen molar-refractivity contribution in [2.75, 3.05) is 11.9 Å². The van der Waals surface area contributed by atoms with Crippen molar-refractivity contribution < 1.29 is 9.34 Å². The van der Waals surface area contributed by atoms with E-state index in [4.69, 9.17) is 4.42 Å². The lowest BCUT2D eigenvalue weighted by Crippen LogP contribution is -1.98. The summed E-state index contributed by atoms with van der Waals surface area (Å²) in [4.78, 5) is 15.4. The number of nitrogens with zero attached hydrogens (tertiary/aromatic N) is 2. The maximum Gasteiger partial charge on any atom is 0.272 e. The van der Waals surface area contributed by atoms with Crippen molar-refractivity contribution in [3.8, 4) is 0 Å². The van der Waals surface area contributed by atoms with E-state index in [1.165, 1.54) is 23.9 Å². The number of anilines is 1. The Morgan fingerprint density at radius 3 is 2.84 bits per heavy atom. The van der Waals surface area contributed by atoms with Gasteiger partial charge in [-0.2, -0.15) is 0 Å². The Morgan fingerprint density at radius 2 is 2.26 bits per heavy atom. The van der Waals surface area contributed by atoms with Crippen molar-refractivity contribution in [1.29, 1.82) is 0 Å². The fourth-order valence-corrected chi connectivity index (χ4v) is 2.39. The quantitative estimate of drug-likeness (QED) is 0.666. The number of rotatable bonds is 5. The summed E-state index contributed by atoms with van der Waals surface area (Å²) in [5.41, 5.74) is 1.53. The summed E-state index contributed by atoms with van der Waals surface area (Å²) >= 11 is 1.26. The largest absolute Gasteiger partial charge is 0.439 e. The highest BCUT2D eigenvalue weighted by atomic mass is 32.2. The lowest BCUT2D eigenvalue weighted by molar-refractivity contribution is -0.385. The van der Waals surface area contributed by atoms with Gasteiger partial charge in [0.2, 0.25) is 0 Å². The molecule has 0 spiro atoms. The number of non-ortho nitro benzene ring substituents is 1. The highest BCUT2D eigenvalue weighted by Crippen LogP contribution is 2.32. The van der Waals surface area contributed by atoms with Crippen LogP contribution in [0.5, 0.6) is 0 Å². The summed E-state index contributed by atoms with van der Waals surface area (Å²) in [7, 11) is 0. The van der Waals surface area contributed by atoms with Gasteiger partial charge in [0.15, 0.2) is 0 Å². The number of hydrogen-bond acceptors (Lipinski definition) is 6. The molecule has 0 atom stereocenters. The molecule has 0 unspecified atom stereocenters. The Bertz CT molecular complexity index is 598. The average Bonchev–Trinajstić information content (AvgIpc) is 2.75. The number of benzene rings is 1. The zero-order valence-corrected chi connectivity index (χ0v) is 11.4. The normalized spacial score (nSPS) is 10.4. The van der Waals surface area contributed by atoms with Gasteiger partial charge >= 0.3 is 0 Å². The third kappa shape index (κ3) is 3.47. The highest BCUT2D eigenvalue weighted by Gasteiger charge is 2.12. The smallest absolute Gasteiger partial charge is 0.272 e. The summed E-state index contributed by atoms with van der Waals surface area (Å²) in [6.07, 6.45) is 1.55. The number of nitro benzene ring substituents is 1. The van der Waals surface area contributed by atoms with Gasteiger partial charge in [0, 0.05) is 29.3 Å². The molecule has 0 bridgehead atoms. The Labute approximate surface area is 114 Å². The van der Waals surface area contributed by atoms with Crippen LogP contribution in [0.25, 0.3) is 0 Å². The van der Waals surface area contributed by atoms with Crippen LogP contribution >= 0.6 is 11.8 Å². The Kier molecular flexibility index (Phi) is 4.06. The van der Waals surface area contributed by atoms with Crippen LogP contribution in [0.4, 0.5) is 11.4 Å². The lowest BCUT2D eigenvalue weighted by atomic mass is 10.3. The summed E-state index contributed by atoms with van der Waals surface area (Å²) < 4.78 is 5.23. The average molecular weight is 279 g/mol. The van der Waals surface area contributed by atoms with E-state index in [2.05, 4.69) is 10.3 Å². The van der Waals surface area contributed by atoms with Gasteiger partial charge in [-0.25, -0.2) is 4.98 Å². The number of oxazole rings is 1. The summed E-state index contributed by atoms with van der Waals surface area (Å²) in [6.45, 7) is 4.46. The molecule has 19 heavy (non-hydrogen) atoms. The van der Waals surface area contributed by atoms with Crippen LogP contribution in [0, 0.1) is 17.0 Å². The molecule has 1 aromatic heterocycles. The van der Waals surface area contributed by atoms with E-state index in [-0.39, 0.29) is 5.69 Å². The summed E-state index contributed by atoms with van der Waals surface area (Å²) in [5, 5.41) is 14.4. The van der Waals surface area contributed by atoms with Crippen molar-refractivity contribution in [2.45, 2.75) is 24.0 Å². The maximum atomic E-state index is 10.9. The Hall–Kier alpha value is -2.02. The molecule has 0 aliphatic rings. The molecule has 0 saturated heterocycles. The number of hydrogen-bond donors (Lipinski definition) is 1. The first-order valence-corrected chi connectivity index (χ1v) is 6.53. The van der Waals surface area contributed by atoms with Gasteiger partial charge < -0.3 is 9.73 Å². The molecule has 6 nitrogen and oxygen atoms in total. The van der Waals surface area contributed by atoms with Crippen molar-refractivity contribution in [2.24, 2.45) is 0 Å². The molecule has 0 amide bonds. The van der Waals surface area contributed by atoms with Gasteiger partial charge in [-0.3, -0.25) is 10.1 Å². The van der Waals surface area contributed by atoms with E-state index in [0.717, 1.165) is 5.69 Å². The fourth-order valence-electron chi connectivity index (χ4n) is 1.53. The molecule has 1 heterocycles. The molecule has 2 aromatic rings. The van der Waals surface area contributed by atoms with E-state index in [0.29, 0.717) is 22.4 Å². The molecule has 100 valence electrons. The minimum absolute atomic E-state index is 0.0456. The third-order valence-corrected chi connectivity index (χ3v) is 3.12. The third-order valence-electron chi connectivity index (χ3n) is 2.29. The molecule has 0 saturated carbocycles. The molecule has 0 aliphatic heterocycles. The second kappa shape index (κ2) is 5.75. The van der Waals surface area contributed by atoms with Gasteiger partial charge in [0.05, 0.1) is 10.6 Å². The van der Waals surface area contributed by atoms with Crippen LogP contribution in [0.15, 0.2) is 39.0 Å². The van der Waals surface area contributed by atoms with Gasteiger partial charge in [-0.1, -0.05) is 0 Å². The minimum Gasteiger partial charge on any atom is -0.439 e. The molecule has 0 fully saturated rings. The SMILES string of the molecule is CCNc1cc(Sc2nc(C)co2)cc([N+](=O)[O-])c1. The van der Waals surface area contributed by atoms with Crippen molar-refractivity contribution in [1.82, 2.24) is 4.98 Å². The van der Waals surface area contributed by atoms with E-state index in [1.54, 1.807) is 6.26 Å². The second-order valence-electron chi connectivity index (χ2n) is 3.86. The van der Waals surface area contributed by atoms with Gasteiger partial charge in [0.1, 0.15) is 6.26 Å².